The summed E-state index contributed by atoms with van der Waals surface area (Å²) in [5.74, 6) is -0.369. The Morgan fingerprint density at radius 1 is 1.47 bits per heavy atom. The first kappa shape index (κ1) is 13.7. The van der Waals surface area contributed by atoms with E-state index >= 15 is 0 Å². The molecule has 0 atom stereocenters. The number of rotatable bonds is 3. The number of nitriles is 1. The maximum Gasteiger partial charge on any atom is 0.289 e. The molecule has 6 nitrogen and oxygen atoms in total. The molecule has 0 N–H and O–H groups in total. The van der Waals surface area contributed by atoms with Crippen LogP contribution in [0.2, 0.25) is 0 Å². The first-order valence-corrected chi connectivity index (χ1v) is 6.88. The van der Waals surface area contributed by atoms with Crippen LogP contribution in [0.4, 0.5) is 5.69 Å². The van der Waals surface area contributed by atoms with Gasteiger partial charge in [0.2, 0.25) is 0 Å². The molecule has 0 aliphatic carbocycles. The summed E-state index contributed by atoms with van der Waals surface area (Å²) in [5, 5.41) is 19.4. The smallest absolute Gasteiger partial charge is 0.258 e. The van der Waals surface area contributed by atoms with Crippen LogP contribution in [-0.2, 0) is 14.9 Å². The Morgan fingerprint density at radius 3 is 2.41 bits per heavy atom. The van der Waals surface area contributed by atoms with Crippen LogP contribution in [-0.4, -0.2) is 13.3 Å². The third kappa shape index (κ3) is 2.66. The lowest BCUT2D eigenvalue weighted by Crippen LogP contribution is -2.04. The van der Waals surface area contributed by atoms with E-state index in [1.165, 1.54) is 0 Å². The third-order valence-corrected chi connectivity index (χ3v) is 3.61. The van der Waals surface area contributed by atoms with Crippen LogP contribution in [0.15, 0.2) is 17.0 Å². The standard InChI is InChI=1S/C8H4Cl2N2O4S/c9-3-6-5(4-11)1-2-7(12(13)14)8(6)17(10,15)16/h1-2H,3H2. The van der Waals surface area contributed by atoms with Gasteiger partial charge in [0.05, 0.1) is 22.4 Å². The predicted octanol–water partition coefficient (Wildman–Crippen LogP) is 2.13. The van der Waals surface area contributed by atoms with Gasteiger partial charge in [0.15, 0.2) is 4.90 Å². The monoisotopic (exact) mass is 294 g/mol. The molecule has 17 heavy (non-hydrogen) atoms. The van der Waals surface area contributed by atoms with Crippen molar-refractivity contribution in [2.45, 2.75) is 10.8 Å². The van der Waals surface area contributed by atoms with E-state index in [2.05, 4.69) is 0 Å². The number of alkyl halides is 1. The minimum absolute atomic E-state index is 0.0650. The fourth-order valence-electron chi connectivity index (χ4n) is 1.27. The molecule has 0 aliphatic rings. The van der Waals surface area contributed by atoms with E-state index < -0.39 is 24.6 Å². The van der Waals surface area contributed by atoms with Gasteiger partial charge in [-0.15, -0.1) is 11.6 Å². The lowest BCUT2D eigenvalue weighted by atomic mass is 10.1. The van der Waals surface area contributed by atoms with E-state index in [4.69, 9.17) is 27.5 Å². The quantitative estimate of drug-likeness (QED) is 0.368. The molecule has 90 valence electrons. The second kappa shape index (κ2) is 4.87. The average Bonchev–Trinajstić information content (AvgIpc) is 2.25. The molecule has 9 heteroatoms. The zero-order chi connectivity index (χ0) is 13.2. The molecule has 0 radical (unpaired) electrons. The number of halogens is 2. The Balaban J connectivity index is 3.83. The molecular formula is C8H4Cl2N2O4S. The van der Waals surface area contributed by atoms with Crippen molar-refractivity contribution < 1.29 is 13.3 Å². The summed E-state index contributed by atoms with van der Waals surface area (Å²) in [6, 6.07) is 3.73. The Hall–Kier alpha value is -1.36. The highest BCUT2D eigenvalue weighted by atomic mass is 35.7. The normalized spacial score (nSPS) is 10.9. The van der Waals surface area contributed by atoms with Crippen LogP contribution in [0.1, 0.15) is 11.1 Å². The summed E-state index contributed by atoms with van der Waals surface area (Å²) in [5.41, 5.74) is -0.933. The van der Waals surface area contributed by atoms with Gasteiger partial charge in [0.1, 0.15) is 0 Å². The Labute approximate surface area is 106 Å². The van der Waals surface area contributed by atoms with Gasteiger partial charge in [-0.3, -0.25) is 10.1 Å². The van der Waals surface area contributed by atoms with Crippen LogP contribution in [0.25, 0.3) is 0 Å². The summed E-state index contributed by atoms with van der Waals surface area (Å²) >= 11 is 5.50. The van der Waals surface area contributed by atoms with Gasteiger partial charge in [-0.05, 0) is 6.07 Å². The fraction of sp³-hybridized carbons (Fsp3) is 0.125. The molecule has 0 saturated heterocycles. The molecule has 1 rings (SSSR count). The van der Waals surface area contributed by atoms with Crippen molar-refractivity contribution in [3.8, 4) is 6.07 Å². The van der Waals surface area contributed by atoms with Crippen molar-refractivity contribution in [2.24, 2.45) is 0 Å². The van der Waals surface area contributed by atoms with E-state index in [-0.39, 0.29) is 17.0 Å². The molecule has 0 fully saturated rings. The Morgan fingerprint density at radius 2 is 2.06 bits per heavy atom. The van der Waals surface area contributed by atoms with Gasteiger partial charge in [-0.2, -0.15) is 5.26 Å². The SMILES string of the molecule is N#Cc1ccc([N+](=O)[O-])c(S(=O)(=O)Cl)c1CCl. The largest absolute Gasteiger partial charge is 0.289 e. The molecule has 0 aromatic heterocycles. The van der Waals surface area contributed by atoms with Crippen molar-refractivity contribution >= 4 is 37.0 Å². The zero-order valence-corrected chi connectivity index (χ0v) is 10.4. The molecule has 0 saturated carbocycles. The minimum atomic E-state index is -4.36. The van der Waals surface area contributed by atoms with Crippen molar-refractivity contribution in [1.29, 1.82) is 5.26 Å². The summed E-state index contributed by atoms with van der Waals surface area (Å²) in [6.07, 6.45) is 0. The van der Waals surface area contributed by atoms with Crippen molar-refractivity contribution in [1.82, 2.24) is 0 Å². The molecule has 0 amide bonds. The number of hydrogen-bond donors (Lipinski definition) is 0. The van der Waals surface area contributed by atoms with Crippen LogP contribution in [0.5, 0.6) is 0 Å². The molecule has 1 aromatic carbocycles. The first-order chi connectivity index (χ1) is 7.82. The molecule has 1 aromatic rings. The highest BCUT2D eigenvalue weighted by molar-refractivity contribution is 8.13. The lowest BCUT2D eigenvalue weighted by molar-refractivity contribution is -0.387. The Bertz CT molecular complexity index is 621. The van der Waals surface area contributed by atoms with E-state index in [9.17, 15) is 18.5 Å². The highest BCUT2D eigenvalue weighted by Crippen LogP contribution is 2.33. The maximum atomic E-state index is 11.3. The number of nitro benzene ring substituents is 1. The molecule has 0 spiro atoms. The lowest BCUT2D eigenvalue weighted by Gasteiger charge is -2.06. The summed E-state index contributed by atoms with van der Waals surface area (Å²) < 4.78 is 22.6. The molecule has 0 unspecified atom stereocenters. The summed E-state index contributed by atoms with van der Waals surface area (Å²) in [4.78, 5) is 9.07. The molecule has 0 heterocycles. The number of benzene rings is 1. The average molecular weight is 295 g/mol. The molecule has 0 bridgehead atoms. The topological polar surface area (TPSA) is 101 Å². The van der Waals surface area contributed by atoms with Gasteiger partial charge in [-0.1, -0.05) is 0 Å². The maximum absolute atomic E-state index is 11.3. The minimum Gasteiger partial charge on any atom is -0.258 e. The van der Waals surface area contributed by atoms with Gasteiger partial charge < -0.3 is 0 Å². The van der Waals surface area contributed by atoms with Crippen LogP contribution >= 0.6 is 22.3 Å². The summed E-state index contributed by atoms with van der Waals surface area (Å²) in [7, 11) is 0.762. The second-order valence-corrected chi connectivity index (χ2v) is 5.65. The van der Waals surface area contributed by atoms with E-state index in [0.717, 1.165) is 12.1 Å². The van der Waals surface area contributed by atoms with Crippen molar-refractivity contribution in [2.75, 3.05) is 0 Å². The third-order valence-electron chi connectivity index (χ3n) is 1.93. The highest BCUT2D eigenvalue weighted by Gasteiger charge is 2.29. The van der Waals surface area contributed by atoms with E-state index in [1.54, 1.807) is 6.07 Å². The second-order valence-electron chi connectivity index (χ2n) is 2.88. The fourth-order valence-corrected chi connectivity index (χ4v) is 3.01. The van der Waals surface area contributed by atoms with E-state index in [0.29, 0.717) is 0 Å². The van der Waals surface area contributed by atoms with Gasteiger partial charge in [-0.25, -0.2) is 8.42 Å². The number of nitro groups is 1. The van der Waals surface area contributed by atoms with Crippen molar-refractivity contribution in [3.05, 3.63) is 33.4 Å². The van der Waals surface area contributed by atoms with Crippen LogP contribution < -0.4 is 0 Å². The Kier molecular flexibility index (Phi) is 3.93. The van der Waals surface area contributed by atoms with Crippen LogP contribution in [0.3, 0.4) is 0 Å². The van der Waals surface area contributed by atoms with Gasteiger partial charge in [0.25, 0.3) is 14.7 Å². The number of nitrogens with zero attached hydrogens (tertiary/aromatic N) is 2. The van der Waals surface area contributed by atoms with Crippen molar-refractivity contribution in [3.63, 3.8) is 0 Å². The predicted molar refractivity (Wildman–Crippen MR) is 60.4 cm³/mol. The van der Waals surface area contributed by atoms with Gasteiger partial charge >= 0.3 is 0 Å². The molecule has 0 aliphatic heterocycles. The number of hydrogen-bond acceptors (Lipinski definition) is 5. The first-order valence-electron chi connectivity index (χ1n) is 4.04. The zero-order valence-electron chi connectivity index (χ0n) is 8.05. The van der Waals surface area contributed by atoms with Gasteiger partial charge in [0, 0.05) is 22.3 Å². The van der Waals surface area contributed by atoms with Crippen LogP contribution in [0, 0.1) is 21.4 Å². The summed E-state index contributed by atoms with van der Waals surface area (Å²) in [6.45, 7) is 0. The van der Waals surface area contributed by atoms with E-state index in [1.807, 2.05) is 0 Å². The molecular weight excluding hydrogens is 291 g/mol.